The summed E-state index contributed by atoms with van der Waals surface area (Å²) in [5.41, 5.74) is 13.1. The Balaban J connectivity index is 0.000000102. The fourth-order valence-corrected chi connectivity index (χ4v) is 22.3. The van der Waals surface area contributed by atoms with Crippen LogP contribution in [0.15, 0.2) is 171 Å². The van der Waals surface area contributed by atoms with Gasteiger partial charge in [-0.3, -0.25) is 8.80 Å². The zero-order valence-electron chi connectivity index (χ0n) is 69.1. The fourth-order valence-electron chi connectivity index (χ4n) is 21.8. The van der Waals surface area contributed by atoms with Crippen LogP contribution in [0, 0.1) is 62.1 Å². The Hall–Kier alpha value is -10.5. The molecule has 0 bridgehead atoms. The molecule has 1 aromatic carbocycles. The predicted molar refractivity (Wildman–Crippen MR) is 458 cm³/mol. The number of benzene rings is 1. The van der Waals surface area contributed by atoms with Crippen LogP contribution in [0.3, 0.4) is 0 Å². The highest BCUT2D eigenvalue weighted by Gasteiger charge is 2.62. The number of rotatable bonds is 8. The number of aliphatic hydroxyl groups is 8. The van der Waals surface area contributed by atoms with Crippen molar-refractivity contribution in [2.75, 3.05) is 26.4 Å². The Morgan fingerprint density at radius 3 is 1.20 bits per heavy atom. The highest BCUT2D eigenvalue weighted by atomic mass is 79.9. The Bertz CT molecular complexity index is 6400. The number of imidazole rings is 4. The van der Waals surface area contributed by atoms with Crippen molar-refractivity contribution in [3.05, 3.63) is 233 Å². The molecular formula is C90H93BrClFN20O12. The average Bonchev–Trinajstić information content (AvgIpc) is 1.59. The summed E-state index contributed by atoms with van der Waals surface area (Å²) >= 11 is 9.61. The van der Waals surface area contributed by atoms with Gasteiger partial charge in [0, 0.05) is 111 Å². The van der Waals surface area contributed by atoms with E-state index in [0.717, 1.165) is 116 Å². The lowest BCUT2D eigenvalue weighted by molar-refractivity contribution is -0.0309. The first-order valence-electron chi connectivity index (χ1n) is 42.1. The topological polar surface area (TPSA) is 391 Å². The first-order chi connectivity index (χ1) is 60.3. The third-order valence-corrected chi connectivity index (χ3v) is 29.6. The van der Waals surface area contributed by atoms with E-state index >= 15 is 0 Å². The normalized spacial score (nSPS) is 30.7. The van der Waals surface area contributed by atoms with Crippen molar-refractivity contribution in [3.63, 3.8) is 0 Å². The van der Waals surface area contributed by atoms with Crippen LogP contribution in [-0.4, -0.2) is 212 Å². The standard InChI is InChI=1S/C23H24FN5O3.C23H25N5O3.C22H22BrN5O3.C22H22ClN5O3/c1-12-8-25-19-5-15(16(24)9-29(12)19)18-7-23(10-32-18)6-17(20(30)21(23)31)28-4-3-14-13(2)26-11-27-22(14)28;1-13-15-5-6-28(22(15)25-11-24-13)18-8-23(21(30)20(18)29)9-19(31-10-23)14-3-4-17-16(7-14)26-12-27(17)2;2*1-12-14-3-5-27(21(14)26-11-25-12)15-7-22(20(30)19(15)29)8-16(31-10-22)13-2-4-28-17(23)9-24-18(28)6-13/h3-5,8-9,11,17-18,20-21,30-31H,6-7,10H2,1-2H3;3-7,11-12,18-21,29-30H,8-10H2,1-2H3;2*2-6,9,11,15-16,19-20,29-30H,7-8,10H2,1H3/t17-,18-,20+,21+,23-;18-,19-,20+,21+,23-;2*15-,16-,19+,20+,22-/m1111/s1. The molecule has 646 valence electrons. The molecule has 19 heterocycles. The largest absolute Gasteiger partial charge is 0.390 e. The van der Waals surface area contributed by atoms with Crippen LogP contribution in [0.5, 0.6) is 0 Å². The van der Waals surface area contributed by atoms with E-state index in [-0.39, 0.29) is 54.9 Å². The van der Waals surface area contributed by atoms with E-state index in [1.165, 1.54) is 18.9 Å². The van der Waals surface area contributed by atoms with Crippen molar-refractivity contribution in [1.29, 1.82) is 0 Å². The minimum absolute atomic E-state index is 0.127. The van der Waals surface area contributed by atoms with Gasteiger partial charge in [0.2, 0.25) is 0 Å². The van der Waals surface area contributed by atoms with E-state index in [9.17, 15) is 45.2 Å². The van der Waals surface area contributed by atoms with Crippen molar-refractivity contribution in [2.24, 2.45) is 28.7 Å². The maximum Gasteiger partial charge on any atom is 0.145 e. The second-order valence-electron chi connectivity index (χ2n) is 35.8. The Morgan fingerprint density at radius 2 is 0.768 bits per heavy atom. The molecule has 0 unspecified atom stereocenters. The molecule has 16 aromatic rings. The van der Waals surface area contributed by atoms with Gasteiger partial charge in [-0.25, -0.2) is 64.2 Å². The van der Waals surface area contributed by atoms with Crippen LogP contribution in [0.2, 0.25) is 5.15 Å². The molecule has 35 heteroatoms. The average molecular weight is 1780 g/mol. The van der Waals surface area contributed by atoms with Gasteiger partial charge in [-0.1, -0.05) is 17.7 Å². The Kier molecular flexibility index (Phi) is 20.2. The van der Waals surface area contributed by atoms with E-state index in [0.29, 0.717) is 87.6 Å². The van der Waals surface area contributed by atoms with Gasteiger partial charge < -0.3 is 87.0 Å². The van der Waals surface area contributed by atoms with Crippen LogP contribution in [-0.2, 0) is 26.0 Å². The molecular weight excluding hydrogens is 1690 g/mol. The Labute approximate surface area is 726 Å². The number of aromatic nitrogens is 20. The molecule has 20 atom stereocenters. The van der Waals surface area contributed by atoms with E-state index < -0.39 is 76.6 Å². The molecule has 4 spiro atoms. The van der Waals surface area contributed by atoms with Crippen molar-refractivity contribution < 1.29 is 64.2 Å². The second-order valence-corrected chi connectivity index (χ2v) is 37.0. The molecule has 4 aliphatic heterocycles. The molecule has 8 aliphatic rings. The smallest absolute Gasteiger partial charge is 0.145 e. The molecule has 4 aliphatic carbocycles. The number of aryl methyl sites for hydroxylation is 6. The molecule has 4 saturated carbocycles. The number of ether oxygens (including phenoxy) is 4. The molecule has 125 heavy (non-hydrogen) atoms. The summed E-state index contributed by atoms with van der Waals surface area (Å²) in [4.78, 5) is 52.2. The number of nitrogens with zero attached hydrogens (tertiary/aromatic N) is 20. The van der Waals surface area contributed by atoms with Crippen LogP contribution < -0.4 is 0 Å². The molecule has 0 amide bonds. The van der Waals surface area contributed by atoms with Gasteiger partial charge in [-0.2, -0.15) is 0 Å². The quantitative estimate of drug-likeness (QED) is 0.0700. The predicted octanol–water partition coefficient (Wildman–Crippen LogP) is 10.9. The summed E-state index contributed by atoms with van der Waals surface area (Å²) < 4.78 is 55.7. The lowest BCUT2D eigenvalue weighted by Crippen LogP contribution is -2.37. The van der Waals surface area contributed by atoms with Crippen molar-refractivity contribution in [1.82, 2.24) is 95.8 Å². The van der Waals surface area contributed by atoms with Crippen LogP contribution in [0.25, 0.3) is 72.1 Å². The van der Waals surface area contributed by atoms with E-state index in [4.69, 9.17) is 30.5 Å². The van der Waals surface area contributed by atoms with Gasteiger partial charge in [-0.15, -0.1) is 0 Å². The first-order valence-corrected chi connectivity index (χ1v) is 43.3. The summed E-state index contributed by atoms with van der Waals surface area (Å²) in [6.07, 6.45) is 22.5. The highest BCUT2D eigenvalue weighted by molar-refractivity contribution is 9.10. The van der Waals surface area contributed by atoms with Gasteiger partial charge in [0.15, 0.2) is 0 Å². The monoisotopic (exact) mass is 1780 g/mol. The molecule has 4 saturated heterocycles. The first kappa shape index (κ1) is 81.5. The third kappa shape index (κ3) is 13.4. The number of hydrogen-bond donors (Lipinski definition) is 8. The number of pyridine rings is 3. The van der Waals surface area contributed by atoms with Crippen LogP contribution in [0.1, 0.15) is 151 Å². The molecule has 15 aromatic heterocycles. The van der Waals surface area contributed by atoms with Gasteiger partial charge >= 0.3 is 0 Å². The number of halogens is 3. The highest BCUT2D eigenvalue weighted by Crippen LogP contribution is 2.60. The minimum Gasteiger partial charge on any atom is -0.390 e. The number of fused-ring (bicyclic) bond motifs is 8. The van der Waals surface area contributed by atoms with Gasteiger partial charge in [0.1, 0.15) is 105 Å². The van der Waals surface area contributed by atoms with Crippen molar-refractivity contribution >= 4 is 99.6 Å². The van der Waals surface area contributed by atoms with Crippen molar-refractivity contribution in [2.45, 2.75) is 183 Å². The Morgan fingerprint density at radius 1 is 0.400 bits per heavy atom. The van der Waals surface area contributed by atoms with Crippen LogP contribution in [0.4, 0.5) is 4.39 Å². The summed E-state index contributed by atoms with van der Waals surface area (Å²) in [6.45, 7) is 11.1. The second kappa shape index (κ2) is 30.9. The van der Waals surface area contributed by atoms with Crippen molar-refractivity contribution in [3.8, 4) is 0 Å². The lowest BCUT2D eigenvalue weighted by atomic mass is 9.80. The summed E-state index contributed by atoms with van der Waals surface area (Å²) in [7, 11) is 1.98. The van der Waals surface area contributed by atoms with Crippen LogP contribution >= 0.6 is 27.5 Å². The fraction of sp³-hybridized carbons (Fsp3) is 0.422. The molecule has 24 rings (SSSR count). The SMILES string of the molecule is Cc1ncnc2c1ccn2[C@@H]1C[C@@]2(CO[C@@H](c3cc4ncc(C)n4cc3F)C2)[C@@H](O)[C@H]1O.Cc1ncnc2c1ccn2[C@@H]1C[C@@]2(CO[C@@H](c3ccc4c(c3)ncn4C)C2)[C@@H](O)[C@H]1O.Cc1ncnc2c1ccn2[C@@H]1C[C@@]2(CO[C@@H](c3ccn4c(Br)cnc4c3)C2)[C@@H](O)[C@H]1O.Cc1ncnc2c1ccn2[C@@H]1C[C@@]2(CO[C@@H](c3ccn4c(Cl)cnc4c3)C2)[C@@H](O)[C@H]1O. The number of hydrogen-bond acceptors (Lipinski definition) is 24. The molecule has 8 N–H and O–H groups in total. The van der Waals surface area contributed by atoms with Gasteiger partial charge in [0.25, 0.3) is 0 Å². The molecule has 8 fully saturated rings. The zero-order chi connectivity index (χ0) is 86.2. The summed E-state index contributed by atoms with van der Waals surface area (Å²) in [5.74, 6) is -0.367. The maximum absolute atomic E-state index is 14.9. The number of aliphatic hydroxyl groups excluding tert-OH is 8. The van der Waals surface area contributed by atoms with Gasteiger partial charge in [0.05, 0.1) is 152 Å². The molecule has 0 radical (unpaired) electrons. The molecule has 32 nitrogen and oxygen atoms in total. The lowest BCUT2D eigenvalue weighted by Gasteiger charge is -2.26. The maximum atomic E-state index is 14.9. The van der Waals surface area contributed by atoms with E-state index in [1.807, 2.05) is 155 Å². The third-order valence-electron chi connectivity index (χ3n) is 28.8. The van der Waals surface area contributed by atoms with E-state index in [2.05, 4.69) is 93.9 Å². The summed E-state index contributed by atoms with van der Waals surface area (Å²) in [6, 6.07) is 22.6. The van der Waals surface area contributed by atoms with E-state index in [1.54, 1.807) is 52.4 Å². The zero-order valence-corrected chi connectivity index (χ0v) is 71.4. The minimum atomic E-state index is -0.988. The summed E-state index contributed by atoms with van der Waals surface area (Å²) in [5, 5.41) is 92.6. The van der Waals surface area contributed by atoms with Gasteiger partial charge in [-0.05, 0) is 185 Å².